The van der Waals surface area contributed by atoms with Crippen LogP contribution in [0.4, 0.5) is 17.1 Å². The van der Waals surface area contributed by atoms with Crippen molar-refractivity contribution in [1.82, 2.24) is 4.57 Å². The molecule has 8 aromatic rings. The molecule has 0 unspecified atom stereocenters. The molecular formula is C52H42N2. The summed E-state index contributed by atoms with van der Waals surface area (Å²) in [6.45, 7) is 0. The van der Waals surface area contributed by atoms with Crippen molar-refractivity contribution in [3.8, 4) is 27.9 Å². The van der Waals surface area contributed by atoms with E-state index >= 15 is 0 Å². The predicted molar refractivity (Wildman–Crippen MR) is 224 cm³/mol. The molecule has 260 valence electrons. The maximum Gasteiger partial charge on any atom is 0.0542 e. The smallest absolute Gasteiger partial charge is 0.0542 e. The highest BCUT2D eigenvalue weighted by atomic mass is 15.1. The van der Waals surface area contributed by atoms with E-state index in [-0.39, 0.29) is 5.41 Å². The Morgan fingerprint density at radius 3 is 1.83 bits per heavy atom. The summed E-state index contributed by atoms with van der Waals surface area (Å²) >= 11 is 0. The Balaban J connectivity index is 1.10. The Morgan fingerprint density at radius 2 is 1.04 bits per heavy atom. The maximum atomic E-state index is 2.56. The molecule has 0 radical (unpaired) electrons. The van der Waals surface area contributed by atoms with Crippen LogP contribution in [0.3, 0.4) is 0 Å². The van der Waals surface area contributed by atoms with Crippen LogP contribution in [0.15, 0.2) is 170 Å². The molecule has 5 aliphatic rings. The molecule has 1 spiro atoms. The second-order valence-corrected chi connectivity index (χ2v) is 16.6. The Morgan fingerprint density at radius 1 is 0.444 bits per heavy atom. The number of rotatable bonds is 5. The van der Waals surface area contributed by atoms with Gasteiger partial charge in [0.1, 0.15) is 0 Å². The van der Waals surface area contributed by atoms with E-state index in [0.717, 1.165) is 29.4 Å². The van der Waals surface area contributed by atoms with Crippen molar-refractivity contribution in [2.24, 2.45) is 23.7 Å². The summed E-state index contributed by atoms with van der Waals surface area (Å²) in [5.74, 6) is 3.37. The SMILES string of the molecule is c1ccc(-c2ccccc2N(c2ccc3c(c2)-c2ccccc2C32C3CC4CC(C3)CC2C4)c2ccc3c(c2)c2ccccc2n3-c2ccccc2)cc1. The summed E-state index contributed by atoms with van der Waals surface area (Å²) in [7, 11) is 0. The van der Waals surface area contributed by atoms with Gasteiger partial charge in [0.2, 0.25) is 0 Å². The Kier molecular flexibility index (Phi) is 6.55. The van der Waals surface area contributed by atoms with Crippen LogP contribution in [-0.2, 0) is 5.41 Å². The topological polar surface area (TPSA) is 8.17 Å². The summed E-state index contributed by atoms with van der Waals surface area (Å²) in [4.78, 5) is 2.53. The van der Waals surface area contributed by atoms with Gasteiger partial charge < -0.3 is 9.47 Å². The molecule has 7 aromatic carbocycles. The Bertz CT molecular complexity index is 2710. The molecule has 4 saturated carbocycles. The molecule has 0 atom stereocenters. The summed E-state index contributed by atoms with van der Waals surface area (Å²) in [5.41, 5.74) is 15.9. The minimum absolute atomic E-state index is 0.156. The van der Waals surface area contributed by atoms with E-state index in [1.807, 2.05) is 0 Å². The molecule has 1 aromatic heterocycles. The molecule has 0 amide bonds. The maximum absolute atomic E-state index is 2.56. The normalized spacial score (nSPS) is 23.3. The average Bonchev–Trinajstić information content (AvgIpc) is 3.71. The summed E-state index contributed by atoms with van der Waals surface area (Å²) in [6.07, 6.45) is 7.07. The molecule has 5 aliphatic carbocycles. The molecule has 54 heavy (non-hydrogen) atoms. The van der Waals surface area contributed by atoms with Crippen molar-refractivity contribution in [3.63, 3.8) is 0 Å². The fourth-order valence-corrected chi connectivity index (χ4v) is 12.2. The number of benzene rings is 7. The van der Waals surface area contributed by atoms with Gasteiger partial charge in [0.25, 0.3) is 0 Å². The molecule has 2 heteroatoms. The first-order valence-electron chi connectivity index (χ1n) is 20.0. The van der Waals surface area contributed by atoms with Crippen molar-refractivity contribution in [2.75, 3.05) is 4.90 Å². The zero-order valence-electron chi connectivity index (χ0n) is 30.4. The number of fused-ring (bicyclic) bond motifs is 6. The zero-order valence-corrected chi connectivity index (χ0v) is 30.4. The third-order valence-electron chi connectivity index (χ3n) is 14.0. The second kappa shape index (κ2) is 11.6. The minimum Gasteiger partial charge on any atom is -0.310 e. The summed E-state index contributed by atoms with van der Waals surface area (Å²) < 4.78 is 2.41. The van der Waals surface area contributed by atoms with E-state index in [2.05, 4.69) is 179 Å². The van der Waals surface area contributed by atoms with Crippen molar-refractivity contribution in [1.29, 1.82) is 0 Å². The lowest BCUT2D eigenvalue weighted by molar-refractivity contribution is -0.0399. The fourth-order valence-electron chi connectivity index (χ4n) is 12.2. The molecule has 1 heterocycles. The number of hydrogen-bond donors (Lipinski definition) is 0. The summed E-state index contributed by atoms with van der Waals surface area (Å²) in [6, 6.07) is 63.6. The van der Waals surface area contributed by atoms with Crippen LogP contribution in [0.2, 0.25) is 0 Å². The third-order valence-corrected chi connectivity index (χ3v) is 14.0. The van der Waals surface area contributed by atoms with Gasteiger partial charge in [-0.25, -0.2) is 0 Å². The van der Waals surface area contributed by atoms with Gasteiger partial charge in [0, 0.05) is 38.8 Å². The van der Waals surface area contributed by atoms with E-state index in [9.17, 15) is 0 Å². The van der Waals surface area contributed by atoms with E-state index < -0.39 is 0 Å². The first-order valence-corrected chi connectivity index (χ1v) is 20.0. The van der Waals surface area contributed by atoms with Gasteiger partial charge in [-0.1, -0.05) is 115 Å². The Labute approximate surface area is 317 Å². The lowest BCUT2D eigenvalue weighted by Gasteiger charge is -2.61. The molecule has 0 N–H and O–H groups in total. The van der Waals surface area contributed by atoms with E-state index in [1.165, 1.54) is 93.2 Å². The minimum atomic E-state index is 0.156. The van der Waals surface area contributed by atoms with Gasteiger partial charge in [-0.05, 0) is 138 Å². The second-order valence-electron chi connectivity index (χ2n) is 16.6. The number of anilines is 3. The molecule has 0 aliphatic heterocycles. The van der Waals surface area contributed by atoms with Gasteiger partial charge in [0.15, 0.2) is 0 Å². The van der Waals surface area contributed by atoms with Crippen LogP contribution in [0, 0.1) is 23.7 Å². The fraction of sp³-hybridized carbons (Fsp3) is 0.192. The number of hydrogen-bond acceptors (Lipinski definition) is 1. The first kappa shape index (κ1) is 30.6. The predicted octanol–water partition coefficient (Wildman–Crippen LogP) is 13.6. The molecule has 4 bridgehead atoms. The van der Waals surface area contributed by atoms with Gasteiger partial charge >= 0.3 is 0 Å². The molecule has 4 fully saturated rings. The van der Waals surface area contributed by atoms with Gasteiger partial charge in [-0.3, -0.25) is 0 Å². The molecular weight excluding hydrogens is 653 g/mol. The van der Waals surface area contributed by atoms with E-state index in [1.54, 1.807) is 11.1 Å². The van der Waals surface area contributed by atoms with Crippen LogP contribution in [0.5, 0.6) is 0 Å². The third kappa shape index (κ3) is 4.23. The van der Waals surface area contributed by atoms with Gasteiger partial charge in [-0.15, -0.1) is 0 Å². The Hall–Kier alpha value is -5.86. The largest absolute Gasteiger partial charge is 0.310 e. The average molecular weight is 695 g/mol. The standard InChI is InChI=1S/C52H42N2/c1-3-13-36(14-4-1)42-17-8-11-21-49(42)53(41-24-26-51-46(33-41)44-19-9-12-22-50(44)54(51)39-15-5-2-6-16-39)40-23-25-48-45(32-40)43-18-7-10-20-47(43)52(48)37-28-34-27-35(30-37)31-38(52)29-34/h1-26,32-35,37-38H,27-31H2. The lowest BCUT2D eigenvalue weighted by atomic mass is 9.43. The molecule has 2 nitrogen and oxygen atoms in total. The summed E-state index contributed by atoms with van der Waals surface area (Å²) in [5, 5.41) is 2.52. The number of aromatic nitrogens is 1. The molecule has 13 rings (SSSR count). The lowest BCUT2D eigenvalue weighted by Crippen LogP contribution is -2.55. The van der Waals surface area contributed by atoms with Crippen molar-refractivity contribution < 1.29 is 0 Å². The monoisotopic (exact) mass is 694 g/mol. The highest BCUT2D eigenvalue weighted by Crippen LogP contribution is 2.69. The van der Waals surface area contributed by atoms with Crippen molar-refractivity contribution >= 4 is 38.9 Å². The van der Waals surface area contributed by atoms with Crippen molar-refractivity contribution in [3.05, 3.63) is 181 Å². The zero-order chi connectivity index (χ0) is 35.4. The van der Waals surface area contributed by atoms with Gasteiger partial charge in [0.05, 0.1) is 16.7 Å². The quantitative estimate of drug-likeness (QED) is 0.174. The van der Waals surface area contributed by atoms with Crippen LogP contribution >= 0.6 is 0 Å². The highest BCUT2D eigenvalue weighted by Gasteiger charge is 2.61. The van der Waals surface area contributed by atoms with E-state index in [4.69, 9.17) is 0 Å². The van der Waals surface area contributed by atoms with Crippen LogP contribution in [-0.4, -0.2) is 4.57 Å². The van der Waals surface area contributed by atoms with Gasteiger partial charge in [-0.2, -0.15) is 0 Å². The highest BCUT2D eigenvalue weighted by molar-refractivity contribution is 6.11. The number of nitrogens with zero attached hydrogens (tertiary/aromatic N) is 2. The van der Waals surface area contributed by atoms with Crippen LogP contribution in [0.1, 0.15) is 43.2 Å². The molecule has 0 saturated heterocycles. The van der Waals surface area contributed by atoms with Crippen LogP contribution < -0.4 is 4.90 Å². The van der Waals surface area contributed by atoms with Crippen LogP contribution in [0.25, 0.3) is 49.7 Å². The number of para-hydroxylation sites is 3. The van der Waals surface area contributed by atoms with Crippen molar-refractivity contribution in [2.45, 2.75) is 37.5 Å². The van der Waals surface area contributed by atoms with E-state index in [0.29, 0.717) is 0 Å². The first-order chi connectivity index (χ1) is 26.8.